The van der Waals surface area contributed by atoms with E-state index < -0.39 is 0 Å². The lowest BCUT2D eigenvalue weighted by Crippen LogP contribution is -2.31. The van der Waals surface area contributed by atoms with Gasteiger partial charge in [0.15, 0.2) is 11.5 Å². The van der Waals surface area contributed by atoms with Gasteiger partial charge in [0.05, 0.1) is 6.54 Å². The van der Waals surface area contributed by atoms with E-state index in [1.54, 1.807) is 0 Å². The summed E-state index contributed by atoms with van der Waals surface area (Å²) < 4.78 is 11.0. The van der Waals surface area contributed by atoms with Crippen LogP contribution in [0.15, 0.2) is 29.4 Å². The van der Waals surface area contributed by atoms with Crippen LogP contribution in [0.4, 0.5) is 0 Å². The van der Waals surface area contributed by atoms with E-state index in [0.717, 1.165) is 5.75 Å². The number of nitrogens with zero attached hydrogens (tertiary/aromatic N) is 3. The Morgan fingerprint density at radius 3 is 3.00 bits per heavy atom. The highest BCUT2D eigenvalue weighted by Crippen LogP contribution is 2.30. The SMILES string of the molecule is [N-]=[N+]=NC[C@@H]1COc2ccccc2O1. The van der Waals surface area contributed by atoms with Gasteiger partial charge >= 0.3 is 0 Å². The molecule has 1 atom stereocenters. The Labute approximate surface area is 80.9 Å². The standard InChI is InChI=1S/C9H9N3O2/c10-12-11-5-7-6-13-8-3-1-2-4-9(8)14-7/h1-4,7H,5-6H2/t7-/m1/s1. The van der Waals surface area contributed by atoms with Gasteiger partial charge in [0.25, 0.3) is 0 Å². The number of benzene rings is 1. The van der Waals surface area contributed by atoms with E-state index in [0.29, 0.717) is 18.9 Å². The minimum absolute atomic E-state index is 0.180. The first-order chi connectivity index (χ1) is 6.90. The highest BCUT2D eigenvalue weighted by molar-refractivity contribution is 5.40. The van der Waals surface area contributed by atoms with Crippen molar-refractivity contribution in [3.05, 3.63) is 34.7 Å². The third-order valence-electron chi connectivity index (χ3n) is 1.92. The van der Waals surface area contributed by atoms with Gasteiger partial charge in [-0.2, -0.15) is 0 Å². The topological polar surface area (TPSA) is 67.2 Å². The molecule has 1 aromatic rings. The van der Waals surface area contributed by atoms with Crippen LogP contribution in [-0.2, 0) is 0 Å². The van der Waals surface area contributed by atoms with Crippen molar-refractivity contribution in [3.63, 3.8) is 0 Å². The van der Waals surface area contributed by atoms with Gasteiger partial charge in [0, 0.05) is 4.91 Å². The van der Waals surface area contributed by atoms with Crippen LogP contribution in [0.25, 0.3) is 10.4 Å². The predicted octanol–water partition coefficient (Wildman–Crippen LogP) is 2.14. The van der Waals surface area contributed by atoms with Crippen molar-refractivity contribution >= 4 is 0 Å². The van der Waals surface area contributed by atoms with Gasteiger partial charge < -0.3 is 9.47 Å². The van der Waals surface area contributed by atoms with Gasteiger partial charge in [-0.3, -0.25) is 0 Å². The minimum atomic E-state index is -0.180. The predicted molar refractivity (Wildman–Crippen MR) is 50.4 cm³/mol. The van der Waals surface area contributed by atoms with Crippen molar-refractivity contribution in [2.24, 2.45) is 5.11 Å². The second-order valence-electron chi connectivity index (χ2n) is 2.91. The number of para-hydroxylation sites is 2. The Hall–Kier alpha value is -1.87. The molecule has 1 heterocycles. The van der Waals surface area contributed by atoms with E-state index in [1.807, 2.05) is 24.3 Å². The number of rotatable bonds is 2. The average Bonchev–Trinajstić information content (AvgIpc) is 2.26. The average molecular weight is 191 g/mol. The first-order valence-corrected chi connectivity index (χ1v) is 4.29. The molecular weight excluding hydrogens is 182 g/mol. The Kier molecular flexibility index (Phi) is 2.42. The molecular formula is C9H9N3O2. The molecule has 1 aromatic carbocycles. The van der Waals surface area contributed by atoms with Gasteiger partial charge in [-0.1, -0.05) is 17.2 Å². The number of hydrogen-bond acceptors (Lipinski definition) is 3. The normalized spacial score (nSPS) is 18.4. The van der Waals surface area contributed by atoms with Crippen LogP contribution >= 0.6 is 0 Å². The summed E-state index contributed by atoms with van der Waals surface area (Å²) in [6.07, 6.45) is -0.180. The molecule has 0 amide bonds. The molecule has 0 radical (unpaired) electrons. The molecule has 1 aliphatic heterocycles. The first kappa shape index (κ1) is 8.72. The Morgan fingerprint density at radius 1 is 1.43 bits per heavy atom. The summed E-state index contributed by atoms with van der Waals surface area (Å²) >= 11 is 0. The van der Waals surface area contributed by atoms with Crippen molar-refractivity contribution in [1.82, 2.24) is 0 Å². The monoisotopic (exact) mass is 191 g/mol. The van der Waals surface area contributed by atoms with Crippen LogP contribution in [0.3, 0.4) is 0 Å². The zero-order chi connectivity index (χ0) is 9.80. The third kappa shape index (κ3) is 1.72. The van der Waals surface area contributed by atoms with Crippen LogP contribution in [-0.4, -0.2) is 19.3 Å². The van der Waals surface area contributed by atoms with Crippen molar-refractivity contribution < 1.29 is 9.47 Å². The van der Waals surface area contributed by atoms with Crippen molar-refractivity contribution in [2.75, 3.05) is 13.2 Å². The zero-order valence-corrected chi connectivity index (χ0v) is 7.46. The summed E-state index contributed by atoms with van der Waals surface area (Å²) in [5, 5.41) is 3.44. The summed E-state index contributed by atoms with van der Waals surface area (Å²) in [5.74, 6) is 1.45. The van der Waals surface area contributed by atoms with Crippen LogP contribution in [0.5, 0.6) is 11.5 Å². The molecule has 0 aromatic heterocycles. The lowest BCUT2D eigenvalue weighted by molar-refractivity contribution is 0.0969. The maximum atomic E-state index is 8.15. The maximum Gasteiger partial charge on any atom is 0.161 e. The zero-order valence-electron chi connectivity index (χ0n) is 7.46. The molecule has 0 fully saturated rings. The quantitative estimate of drug-likeness (QED) is 0.408. The van der Waals surface area contributed by atoms with Gasteiger partial charge in [-0.25, -0.2) is 0 Å². The first-order valence-electron chi connectivity index (χ1n) is 4.29. The fourth-order valence-corrected chi connectivity index (χ4v) is 1.28. The molecule has 72 valence electrons. The number of hydrogen-bond donors (Lipinski definition) is 0. The molecule has 0 spiro atoms. The number of fused-ring (bicyclic) bond motifs is 1. The molecule has 5 nitrogen and oxygen atoms in total. The Balaban J connectivity index is 2.09. The van der Waals surface area contributed by atoms with Crippen LogP contribution in [0.2, 0.25) is 0 Å². The minimum Gasteiger partial charge on any atom is -0.486 e. The Bertz CT molecular complexity index is 374. The van der Waals surface area contributed by atoms with Gasteiger partial charge in [0.1, 0.15) is 12.7 Å². The molecule has 0 N–H and O–H groups in total. The Morgan fingerprint density at radius 2 is 2.21 bits per heavy atom. The third-order valence-corrected chi connectivity index (χ3v) is 1.92. The molecule has 0 aliphatic carbocycles. The van der Waals surface area contributed by atoms with Crippen molar-refractivity contribution in [3.8, 4) is 11.5 Å². The molecule has 5 heteroatoms. The van der Waals surface area contributed by atoms with Crippen LogP contribution in [0.1, 0.15) is 0 Å². The van der Waals surface area contributed by atoms with Gasteiger partial charge in [0.2, 0.25) is 0 Å². The van der Waals surface area contributed by atoms with E-state index >= 15 is 0 Å². The molecule has 1 aliphatic rings. The van der Waals surface area contributed by atoms with Gasteiger partial charge in [-0.15, -0.1) is 0 Å². The summed E-state index contributed by atoms with van der Waals surface area (Å²) in [5.41, 5.74) is 8.15. The molecule has 0 saturated heterocycles. The second-order valence-corrected chi connectivity index (χ2v) is 2.91. The van der Waals surface area contributed by atoms with Crippen molar-refractivity contribution in [1.29, 1.82) is 0 Å². The van der Waals surface area contributed by atoms with E-state index in [9.17, 15) is 0 Å². The summed E-state index contributed by atoms with van der Waals surface area (Å²) in [6.45, 7) is 0.723. The lowest BCUT2D eigenvalue weighted by atomic mass is 10.2. The van der Waals surface area contributed by atoms with Crippen LogP contribution < -0.4 is 9.47 Å². The summed E-state index contributed by atoms with van der Waals surface area (Å²) in [7, 11) is 0. The van der Waals surface area contributed by atoms with E-state index in [-0.39, 0.29) is 6.10 Å². The highest BCUT2D eigenvalue weighted by atomic mass is 16.6. The largest absolute Gasteiger partial charge is 0.486 e. The summed E-state index contributed by atoms with van der Waals surface area (Å²) in [6, 6.07) is 7.44. The molecule has 14 heavy (non-hydrogen) atoms. The fraction of sp³-hybridized carbons (Fsp3) is 0.333. The van der Waals surface area contributed by atoms with Crippen molar-refractivity contribution in [2.45, 2.75) is 6.10 Å². The van der Waals surface area contributed by atoms with Crippen LogP contribution in [0, 0.1) is 0 Å². The highest BCUT2D eigenvalue weighted by Gasteiger charge is 2.19. The number of azide groups is 1. The maximum absolute atomic E-state index is 8.15. The lowest BCUT2D eigenvalue weighted by Gasteiger charge is -2.25. The van der Waals surface area contributed by atoms with Gasteiger partial charge in [-0.05, 0) is 17.7 Å². The molecule has 0 saturated carbocycles. The molecule has 2 rings (SSSR count). The van der Waals surface area contributed by atoms with E-state index in [4.69, 9.17) is 15.0 Å². The van der Waals surface area contributed by atoms with E-state index in [1.165, 1.54) is 0 Å². The second kappa shape index (κ2) is 3.89. The summed E-state index contributed by atoms with van der Waals surface area (Å²) in [4.78, 5) is 2.68. The van der Waals surface area contributed by atoms with E-state index in [2.05, 4.69) is 10.0 Å². The smallest absolute Gasteiger partial charge is 0.161 e. The molecule has 0 bridgehead atoms. The number of ether oxygens (including phenoxy) is 2. The fourth-order valence-electron chi connectivity index (χ4n) is 1.28. The molecule has 0 unspecified atom stereocenters.